The zero-order chi connectivity index (χ0) is 10.9. The number of unbranched alkanes of at least 4 members (excludes halogenated alkanes) is 2. The molecule has 5 heteroatoms. The van der Waals surface area contributed by atoms with E-state index in [1.165, 1.54) is 25.0 Å². The largest absolute Gasteiger partial charge is 0.310 e. The Kier molecular flexibility index (Phi) is 6.43. The molecule has 0 saturated carbocycles. The molecule has 1 rings (SSSR count). The number of thioether (sulfide) groups is 1. The van der Waals surface area contributed by atoms with E-state index in [-0.39, 0.29) is 0 Å². The summed E-state index contributed by atoms with van der Waals surface area (Å²) in [4.78, 5) is 4.15. The van der Waals surface area contributed by atoms with Crippen molar-refractivity contribution < 1.29 is 0 Å². The van der Waals surface area contributed by atoms with Gasteiger partial charge < -0.3 is 5.32 Å². The topological polar surface area (TPSA) is 42.7 Å². The van der Waals surface area contributed by atoms with Gasteiger partial charge >= 0.3 is 0 Å². The predicted octanol–water partition coefficient (Wildman–Crippen LogP) is 1.44. The lowest BCUT2D eigenvalue weighted by molar-refractivity contribution is 0.581. The first-order valence-electron chi connectivity index (χ1n) is 5.37. The normalized spacial score (nSPS) is 10.8. The summed E-state index contributed by atoms with van der Waals surface area (Å²) in [6, 6.07) is 0. The lowest BCUT2D eigenvalue weighted by Gasteiger charge is -2.03. The highest BCUT2D eigenvalue weighted by Crippen LogP contribution is 2.01. The molecule has 15 heavy (non-hydrogen) atoms. The van der Waals surface area contributed by atoms with E-state index in [2.05, 4.69) is 21.7 Å². The Morgan fingerprint density at radius 1 is 1.40 bits per heavy atom. The van der Waals surface area contributed by atoms with Crippen LogP contribution in [0.3, 0.4) is 0 Å². The van der Waals surface area contributed by atoms with Crippen LogP contribution < -0.4 is 5.32 Å². The van der Waals surface area contributed by atoms with E-state index in [9.17, 15) is 0 Å². The summed E-state index contributed by atoms with van der Waals surface area (Å²) in [6.07, 6.45) is 7.64. The summed E-state index contributed by atoms with van der Waals surface area (Å²) in [6.45, 7) is 1.89. The Hall–Kier alpha value is -0.550. The highest BCUT2D eigenvalue weighted by atomic mass is 32.2. The summed E-state index contributed by atoms with van der Waals surface area (Å²) in [5.74, 6) is 2.28. The fraction of sp³-hybridized carbons (Fsp3) is 0.800. The van der Waals surface area contributed by atoms with Gasteiger partial charge in [-0.3, -0.25) is 4.68 Å². The van der Waals surface area contributed by atoms with E-state index in [4.69, 9.17) is 0 Å². The van der Waals surface area contributed by atoms with Gasteiger partial charge in [0.1, 0.15) is 12.2 Å². The maximum Gasteiger partial charge on any atom is 0.140 e. The van der Waals surface area contributed by atoms with Gasteiger partial charge in [-0.2, -0.15) is 16.9 Å². The first kappa shape index (κ1) is 12.5. The van der Waals surface area contributed by atoms with Gasteiger partial charge in [0.25, 0.3) is 0 Å². The second-order valence-electron chi connectivity index (χ2n) is 3.53. The maximum absolute atomic E-state index is 4.15. The molecule has 0 radical (unpaired) electrons. The molecule has 0 atom stereocenters. The van der Waals surface area contributed by atoms with Crippen molar-refractivity contribution in [3.63, 3.8) is 0 Å². The molecule has 0 aromatic carbocycles. The molecule has 0 spiro atoms. The molecule has 0 bridgehead atoms. The van der Waals surface area contributed by atoms with Crippen molar-refractivity contribution in [2.24, 2.45) is 7.05 Å². The van der Waals surface area contributed by atoms with E-state index in [1.54, 1.807) is 11.0 Å². The van der Waals surface area contributed by atoms with Crippen molar-refractivity contribution in [2.75, 3.05) is 18.6 Å². The third-order valence-corrected chi connectivity index (χ3v) is 2.99. The van der Waals surface area contributed by atoms with Crippen LogP contribution in [0, 0.1) is 0 Å². The number of aromatic nitrogens is 3. The van der Waals surface area contributed by atoms with E-state index in [0.717, 1.165) is 18.9 Å². The summed E-state index contributed by atoms with van der Waals surface area (Å²) in [5, 5.41) is 7.39. The highest BCUT2D eigenvalue weighted by Gasteiger charge is 1.98. The van der Waals surface area contributed by atoms with Crippen molar-refractivity contribution in [3.05, 3.63) is 12.2 Å². The number of hydrogen-bond acceptors (Lipinski definition) is 4. The molecule has 0 aliphatic rings. The van der Waals surface area contributed by atoms with Crippen LogP contribution in [0.15, 0.2) is 6.33 Å². The number of rotatable bonds is 8. The molecule has 0 aliphatic heterocycles. The average molecular weight is 228 g/mol. The maximum atomic E-state index is 4.15. The van der Waals surface area contributed by atoms with Crippen molar-refractivity contribution >= 4 is 11.8 Å². The van der Waals surface area contributed by atoms with Crippen LogP contribution in [0.25, 0.3) is 0 Å². The van der Waals surface area contributed by atoms with Gasteiger partial charge in [-0.15, -0.1) is 0 Å². The summed E-state index contributed by atoms with van der Waals surface area (Å²) >= 11 is 1.92. The van der Waals surface area contributed by atoms with Crippen LogP contribution in [-0.2, 0) is 13.6 Å². The smallest absolute Gasteiger partial charge is 0.140 e. The van der Waals surface area contributed by atoms with Crippen LogP contribution in [0.4, 0.5) is 0 Å². The van der Waals surface area contributed by atoms with Gasteiger partial charge in [-0.1, -0.05) is 6.42 Å². The number of hydrogen-bond donors (Lipinski definition) is 1. The van der Waals surface area contributed by atoms with Crippen LogP contribution in [0.1, 0.15) is 25.1 Å². The molecule has 1 aromatic heterocycles. The minimum absolute atomic E-state index is 0.818. The molecule has 86 valence electrons. The predicted molar refractivity (Wildman–Crippen MR) is 64.9 cm³/mol. The fourth-order valence-corrected chi connectivity index (χ4v) is 1.85. The average Bonchev–Trinajstić information content (AvgIpc) is 2.63. The van der Waals surface area contributed by atoms with Gasteiger partial charge in [0, 0.05) is 7.05 Å². The molecule has 0 aliphatic carbocycles. The molecule has 1 heterocycles. The first-order chi connectivity index (χ1) is 7.34. The molecule has 0 unspecified atom stereocenters. The third-order valence-electron chi connectivity index (χ3n) is 2.29. The minimum Gasteiger partial charge on any atom is -0.310 e. The number of nitrogens with zero attached hydrogens (tertiary/aromatic N) is 3. The third kappa shape index (κ3) is 5.18. The van der Waals surface area contributed by atoms with E-state index in [1.807, 2.05) is 18.8 Å². The molecule has 0 saturated heterocycles. The standard InChI is InChI=1S/C10H20N4S/c1-14-10(12-9-13-14)8-11-6-4-3-5-7-15-2/h9,11H,3-8H2,1-2H3. The Bertz CT molecular complexity index is 262. The Morgan fingerprint density at radius 3 is 2.93 bits per heavy atom. The Labute approximate surface area is 95.9 Å². The molecule has 0 fully saturated rings. The lowest BCUT2D eigenvalue weighted by Crippen LogP contribution is -2.17. The van der Waals surface area contributed by atoms with E-state index < -0.39 is 0 Å². The monoisotopic (exact) mass is 228 g/mol. The molecule has 0 amide bonds. The summed E-state index contributed by atoms with van der Waals surface area (Å²) in [5.41, 5.74) is 0. The lowest BCUT2D eigenvalue weighted by atomic mass is 10.2. The molecular formula is C10H20N4S. The van der Waals surface area contributed by atoms with Crippen LogP contribution in [-0.4, -0.2) is 33.3 Å². The molecule has 1 aromatic rings. The first-order valence-corrected chi connectivity index (χ1v) is 6.76. The van der Waals surface area contributed by atoms with Crippen LogP contribution >= 0.6 is 11.8 Å². The summed E-state index contributed by atoms with van der Waals surface area (Å²) in [7, 11) is 1.92. The summed E-state index contributed by atoms with van der Waals surface area (Å²) < 4.78 is 1.81. The van der Waals surface area contributed by atoms with Crippen molar-refractivity contribution in [3.8, 4) is 0 Å². The van der Waals surface area contributed by atoms with Gasteiger partial charge in [-0.05, 0) is 31.4 Å². The second-order valence-corrected chi connectivity index (χ2v) is 4.52. The second kappa shape index (κ2) is 7.70. The zero-order valence-electron chi connectivity index (χ0n) is 9.57. The molecule has 1 N–H and O–H groups in total. The van der Waals surface area contributed by atoms with E-state index >= 15 is 0 Å². The Balaban J connectivity index is 1.96. The molecule has 4 nitrogen and oxygen atoms in total. The van der Waals surface area contributed by atoms with Crippen molar-refractivity contribution in [1.82, 2.24) is 20.1 Å². The van der Waals surface area contributed by atoms with Crippen LogP contribution in [0.5, 0.6) is 0 Å². The van der Waals surface area contributed by atoms with Gasteiger partial charge in [0.15, 0.2) is 0 Å². The van der Waals surface area contributed by atoms with Crippen LogP contribution in [0.2, 0.25) is 0 Å². The van der Waals surface area contributed by atoms with Gasteiger partial charge in [0.05, 0.1) is 6.54 Å². The van der Waals surface area contributed by atoms with Gasteiger partial charge in [0.2, 0.25) is 0 Å². The van der Waals surface area contributed by atoms with Gasteiger partial charge in [-0.25, -0.2) is 4.98 Å². The zero-order valence-corrected chi connectivity index (χ0v) is 10.4. The minimum atomic E-state index is 0.818. The van der Waals surface area contributed by atoms with E-state index in [0.29, 0.717) is 0 Å². The molecular weight excluding hydrogens is 208 g/mol. The fourth-order valence-electron chi connectivity index (χ4n) is 1.35. The number of nitrogens with one attached hydrogen (secondary N) is 1. The Morgan fingerprint density at radius 2 is 2.27 bits per heavy atom. The number of aryl methyl sites for hydroxylation is 1. The highest BCUT2D eigenvalue weighted by molar-refractivity contribution is 7.98. The van der Waals surface area contributed by atoms with Crippen molar-refractivity contribution in [1.29, 1.82) is 0 Å². The quantitative estimate of drug-likeness (QED) is 0.684. The van der Waals surface area contributed by atoms with Crippen molar-refractivity contribution in [2.45, 2.75) is 25.8 Å². The SMILES string of the molecule is CSCCCCCNCc1ncnn1C.